The van der Waals surface area contributed by atoms with E-state index >= 15 is 0 Å². The van der Waals surface area contributed by atoms with Gasteiger partial charge in [-0.15, -0.1) is 0 Å². The maximum absolute atomic E-state index is 12.5. The minimum Gasteiger partial charge on any atom is -0.224 e. The van der Waals surface area contributed by atoms with Gasteiger partial charge in [-0.05, 0) is 42.0 Å². The topological polar surface area (TPSA) is 71.5 Å². The Labute approximate surface area is 141 Å². The second-order valence-corrected chi connectivity index (χ2v) is 9.63. The van der Waals surface area contributed by atoms with Gasteiger partial charge in [0, 0.05) is 24.9 Å². The number of nitrogens with zero attached hydrogens (tertiary/aromatic N) is 1. The molecule has 0 atom stereocenters. The van der Waals surface area contributed by atoms with Crippen LogP contribution in [0.1, 0.15) is 5.56 Å². The van der Waals surface area contributed by atoms with Crippen molar-refractivity contribution >= 4 is 31.5 Å². The molecule has 124 valence electrons. The SMILES string of the molecule is CN(Cc1ccc(Cl)cc1)S(=O)(=O)c1ccc(S(C)(=O)=O)cc1. The van der Waals surface area contributed by atoms with E-state index in [9.17, 15) is 16.8 Å². The fourth-order valence-corrected chi connectivity index (χ4v) is 3.89. The van der Waals surface area contributed by atoms with Crippen LogP contribution in [-0.2, 0) is 26.4 Å². The number of sulfonamides is 1. The Balaban J connectivity index is 2.25. The second-order valence-electron chi connectivity index (χ2n) is 5.13. The quantitative estimate of drug-likeness (QED) is 0.807. The Hall–Kier alpha value is -1.41. The Morgan fingerprint density at radius 1 is 0.870 bits per heavy atom. The van der Waals surface area contributed by atoms with Gasteiger partial charge in [0.2, 0.25) is 10.0 Å². The average molecular weight is 374 g/mol. The second kappa shape index (κ2) is 6.60. The van der Waals surface area contributed by atoms with Crippen molar-refractivity contribution in [3.05, 3.63) is 59.1 Å². The molecule has 0 amide bonds. The van der Waals surface area contributed by atoms with Gasteiger partial charge in [-0.3, -0.25) is 0 Å². The third-order valence-corrected chi connectivity index (χ3v) is 6.48. The van der Waals surface area contributed by atoms with E-state index in [1.165, 1.54) is 35.6 Å². The van der Waals surface area contributed by atoms with Crippen molar-refractivity contribution in [1.29, 1.82) is 0 Å². The van der Waals surface area contributed by atoms with Crippen molar-refractivity contribution in [2.24, 2.45) is 0 Å². The summed E-state index contributed by atoms with van der Waals surface area (Å²) in [6, 6.07) is 12.1. The standard InChI is InChI=1S/C15H16ClNO4S2/c1-17(11-12-3-5-13(16)6-4-12)23(20,21)15-9-7-14(8-10-15)22(2,18)19/h3-10H,11H2,1-2H3. The highest BCUT2D eigenvalue weighted by Gasteiger charge is 2.21. The molecular weight excluding hydrogens is 358 g/mol. The predicted molar refractivity (Wildman–Crippen MR) is 89.7 cm³/mol. The van der Waals surface area contributed by atoms with Gasteiger partial charge in [0.15, 0.2) is 9.84 Å². The van der Waals surface area contributed by atoms with Gasteiger partial charge in [-0.2, -0.15) is 4.31 Å². The van der Waals surface area contributed by atoms with Crippen molar-refractivity contribution in [2.75, 3.05) is 13.3 Å². The summed E-state index contributed by atoms with van der Waals surface area (Å²) >= 11 is 5.80. The lowest BCUT2D eigenvalue weighted by Crippen LogP contribution is -2.26. The van der Waals surface area contributed by atoms with E-state index in [1.807, 2.05) is 0 Å². The van der Waals surface area contributed by atoms with Gasteiger partial charge >= 0.3 is 0 Å². The van der Waals surface area contributed by atoms with E-state index in [0.717, 1.165) is 11.8 Å². The zero-order valence-electron chi connectivity index (χ0n) is 12.6. The van der Waals surface area contributed by atoms with Crippen molar-refractivity contribution in [3.8, 4) is 0 Å². The van der Waals surface area contributed by atoms with Crippen LogP contribution < -0.4 is 0 Å². The molecule has 0 aliphatic rings. The van der Waals surface area contributed by atoms with Crippen LogP contribution in [0, 0.1) is 0 Å². The van der Waals surface area contributed by atoms with E-state index in [0.29, 0.717) is 5.02 Å². The molecule has 0 spiro atoms. The molecule has 0 fully saturated rings. The summed E-state index contributed by atoms with van der Waals surface area (Å²) in [4.78, 5) is 0.123. The molecular formula is C15H16ClNO4S2. The lowest BCUT2D eigenvalue weighted by Gasteiger charge is -2.17. The predicted octanol–water partition coefficient (Wildman–Crippen LogP) is 2.56. The zero-order valence-corrected chi connectivity index (χ0v) is 15.0. The first kappa shape index (κ1) is 17.9. The molecule has 8 heteroatoms. The lowest BCUT2D eigenvalue weighted by molar-refractivity contribution is 0.466. The van der Waals surface area contributed by atoms with Crippen LogP contribution in [0.3, 0.4) is 0 Å². The highest BCUT2D eigenvalue weighted by atomic mass is 35.5. The van der Waals surface area contributed by atoms with Crippen LogP contribution in [0.25, 0.3) is 0 Å². The largest absolute Gasteiger partial charge is 0.243 e. The van der Waals surface area contributed by atoms with Gasteiger partial charge in [0.05, 0.1) is 9.79 Å². The maximum Gasteiger partial charge on any atom is 0.243 e. The normalized spacial score (nSPS) is 12.5. The summed E-state index contributed by atoms with van der Waals surface area (Å²) in [6.07, 6.45) is 1.07. The molecule has 2 aromatic carbocycles. The van der Waals surface area contributed by atoms with Crippen LogP contribution >= 0.6 is 11.6 Å². The monoisotopic (exact) mass is 373 g/mol. The highest BCUT2D eigenvalue weighted by molar-refractivity contribution is 7.90. The molecule has 5 nitrogen and oxygen atoms in total. The summed E-state index contributed by atoms with van der Waals surface area (Å²) in [5.41, 5.74) is 0.799. The maximum atomic E-state index is 12.5. The van der Waals surface area contributed by atoms with Gasteiger partial charge in [-0.25, -0.2) is 16.8 Å². The minimum atomic E-state index is -3.70. The number of sulfone groups is 1. The first-order chi connectivity index (χ1) is 10.6. The van der Waals surface area contributed by atoms with Gasteiger partial charge < -0.3 is 0 Å². The van der Waals surface area contributed by atoms with E-state index < -0.39 is 19.9 Å². The van der Waals surface area contributed by atoms with Crippen molar-refractivity contribution < 1.29 is 16.8 Å². The molecule has 0 aromatic heterocycles. The molecule has 0 bridgehead atoms. The number of hydrogen-bond donors (Lipinski definition) is 0. The molecule has 0 aliphatic heterocycles. The zero-order chi connectivity index (χ0) is 17.3. The number of hydrogen-bond acceptors (Lipinski definition) is 4. The molecule has 0 radical (unpaired) electrons. The van der Waals surface area contributed by atoms with E-state index in [2.05, 4.69) is 0 Å². The van der Waals surface area contributed by atoms with Crippen molar-refractivity contribution in [2.45, 2.75) is 16.3 Å². The van der Waals surface area contributed by atoms with Crippen LogP contribution in [0.4, 0.5) is 0 Å². The van der Waals surface area contributed by atoms with E-state index in [1.54, 1.807) is 24.3 Å². The van der Waals surface area contributed by atoms with Crippen LogP contribution in [0.5, 0.6) is 0 Å². The number of benzene rings is 2. The summed E-state index contributed by atoms with van der Waals surface area (Å²) in [6.45, 7) is 0.188. The first-order valence-corrected chi connectivity index (χ1v) is 10.3. The smallest absolute Gasteiger partial charge is 0.224 e. The Kier molecular flexibility index (Phi) is 5.15. The highest BCUT2D eigenvalue weighted by Crippen LogP contribution is 2.20. The first-order valence-electron chi connectivity index (χ1n) is 6.61. The van der Waals surface area contributed by atoms with Crippen LogP contribution in [0.2, 0.25) is 5.02 Å². The van der Waals surface area contributed by atoms with E-state index in [4.69, 9.17) is 11.6 Å². The average Bonchev–Trinajstić information content (AvgIpc) is 2.48. The molecule has 0 N–H and O–H groups in total. The minimum absolute atomic E-state index is 0.0429. The van der Waals surface area contributed by atoms with E-state index in [-0.39, 0.29) is 16.3 Å². The molecule has 23 heavy (non-hydrogen) atoms. The molecule has 0 saturated carbocycles. The molecule has 0 unspecified atom stereocenters. The Bertz CT molecular complexity index is 889. The number of rotatable bonds is 5. The van der Waals surface area contributed by atoms with Gasteiger partial charge in [0.1, 0.15) is 0 Å². The van der Waals surface area contributed by atoms with Crippen LogP contribution in [-0.4, -0.2) is 34.4 Å². The summed E-state index contributed by atoms with van der Waals surface area (Å²) in [5, 5.41) is 0.579. The van der Waals surface area contributed by atoms with Gasteiger partial charge in [0.25, 0.3) is 0 Å². The lowest BCUT2D eigenvalue weighted by atomic mass is 10.2. The number of halogens is 1. The fraction of sp³-hybridized carbons (Fsp3) is 0.200. The molecule has 0 heterocycles. The molecule has 0 saturated heterocycles. The summed E-state index contributed by atoms with van der Waals surface area (Å²) in [7, 11) is -5.60. The third kappa shape index (κ3) is 4.32. The molecule has 2 rings (SSSR count). The Morgan fingerprint density at radius 2 is 1.35 bits per heavy atom. The summed E-state index contributed by atoms with van der Waals surface area (Å²) < 4.78 is 49.1. The van der Waals surface area contributed by atoms with Crippen LogP contribution in [0.15, 0.2) is 58.3 Å². The van der Waals surface area contributed by atoms with Gasteiger partial charge in [-0.1, -0.05) is 23.7 Å². The third-order valence-electron chi connectivity index (χ3n) is 3.28. The Morgan fingerprint density at radius 3 is 1.83 bits per heavy atom. The fourth-order valence-electron chi connectivity index (χ4n) is 1.97. The molecule has 0 aliphatic carbocycles. The van der Waals surface area contributed by atoms with Crippen molar-refractivity contribution in [1.82, 2.24) is 4.31 Å². The summed E-state index contributed by atoms with van der Waals surface area (Å²) in [5.74, 6) is 0. The molecule has 2 aromatic rings. The van der Waals surface area contributed by atoms with Crippen molar-refractivity contribution in [3.63, 3.8) is 0 Å².